The van der Waals surface area contributed by atoms with Gasteiger partial charge in [-0.3, -0.25) is 9.69 Å². The Kier molecular flexibility index (Phi) is 5.08. The lowest BCUT2D eigenvalue weighted by molar-refractivity contribution is -0.125. The standard InChI is InChI=1S/C18H22N4O2/c1-20-18(23)16-9-14(19)12-22(16)11-13-7-8-17(21-10-13)24-15-5-3-2-4-6-15/h2-8,10,14,16H,9,11-12,19H2,1H3,(H,20,23)/t14-,16+/m1/s1. The molecule has 3 rings (SSSR count). The molecule has 1 aliphatic rings. The number of likely N-dealkylation sites (tertiary alicyclic amines) is 1. The average Bonchev–Trinajstić information content (AvgIpc) is 2.97. The molecular formula is C18H22N4O2. The van der Waals surface area contributed by atoms with E-state index >= 15 is 0 Å². The minimum atomic E-state index is -0.176. The minimum Gasteiger partial charge on any atom is -0.439 e. The lowest BCUT2D eigenvalue weighted by Gasteiger charge is -2.22. The Morgan fingerprint density at radius 3 is 2.79 bits per heavy atom. The summed E-state index contributed by atoms with van der Waals surface area (Å²) in [6.07, 6.45) is 2.46. The van der Waals surface area contributed by atoms with Gasteiger partial charge in [0.1, 0.15) is 5.75 Å². The molecule has 1 aromatic heterocycles. The van der Waals surface area contributed by atoms with E-state index in [0.29, 0.717) is 25.4 Å². The predicted octanol–water partition coefficient (Wildman–Crippen LogP) is 1.52. The smallest absolute Gasteiger partial charge is 0.237 e. The Bertz CT molecular complexity index is 675. The lowest BCUT2D eigenvalue weighted by Crippen LogP contribution is -2.41. The van der Waals surface area contributed by atoms with Gasteiger partial charge in [-0.05, 0) is 24.1 Å². The van der Waals surface area contributed by atoms with Gasteiger partial charge in [0.2, 0.25) is 11.8 Å². The van der Waals surface area contributed by atoms with Crippen molar-refractivity contribution in [2.45, 2.75) is 25.0 Å². The molecule has 1 aliphatic heterocycles. The van der Waals surface area contributed by atoms with E-state index < -0.39 is 0 Å². The first kappa shape index (κ1) is 16.4. The number of nitrogens with one attached hydrogen (secondary N) is 1. The maximum absolute atomic E-state index is 12.0. The van der Waals surface area contributed by atoms with E-state index in [4.69, 9.17) is 10.5 Å². The average molecular weight is 326 g/mol. The summed E-state index contributed by atoms with van der Waals surface area (Å²) in [4.78, 5) is 18.4. The van der Waals surface area contributed by atoms with Crippen LogP contribution in [0, 0.1) is 0 Å². The van der Waals surface area contributed by atoms with Crippen LogP contribution in [0.3, 0.4) is 0 Å². The molecule has 0 bridgehead atoms. The number of likely N-dealkylation sites (N-methyl/N-ethyl adjacent to an activating group) is 1. The third kappa shape index (κ3) is 3.90. The van der Waals surface area contributed by atoms with Crippen molar-refractivity contribution in [3.8, 4) is 11.6 Å². The highest BCUT2D eigenvalue weighted by Gasteiger charge is 2.34. The molecule has 0 spiro atoms. The van der Waals surface area contributed by atoms with Gasteiger partial charge in [0.25, 0.3) is 0 Å². The van der Waals surface area contributed by atoms with Crippen molar-refractivity contribution in [2.75, 3.05) is 13.6 Å². The number of pyridine rings is 1. The third-order valence-electron chi connectivity index (χ3n) is 4.13. The van der Waals surface area contributed by atoms with Gasteiger partial charge in [0.15, 0.2) is 0 Å². The topological polar surface area (TPSA) is 80.5 Å². The highest BCUT2D eigenvalue weighted by atomic mass is 16.5. The van der Waals surface area contributed by atoms with Crippen molar-refractivity contribution in [1.82, 2.24) is 15.2 Å². The van der Waals surface area contributed by atoms with Crippen LogP contribution in [-0.4, -0.2) is 41.5 Å². The molecule has 2 heterocycles. The van der Waals surface area contributed by atoms with Crippen molar-refractivity contribution in [3.63, 3.8) is 0 Å². The normalized spacial score (nSPS) is 20.8. The number of para-hydroxylation sites is 1. The fourth-order valence-electron chi connectivity index (χ4n) is 2.96. The Hall–Kier alpha value is -2.44. The first-order chi connectivity index (χ1) is 11.7. The molecule has 6 heteroatoms. The molecule has 0 aliphatic carbocycles. The van der Waals surface area contributed by atoms with Gasteiger partial charge < -0.3 is 15.8 Å². The molecule has 126 valence electrons. The number of amides is 1. The maximum Gasteiger partial charge on any atom is 0.237 e. The molecular weight excluding hydrogens is 304 g/mol. The Morgan fingerprint density at radius 2 is 2.12 bits per heavy atom. The number of carbonyl (C=O) groups excluding carboxylic acids is 1. The highest BCUT2D eigenvalue weighted by molar-refractivity contribution is 5.81. The van der Waals surface area contributed by atoms with Gasteiger partial charge in [0.05, 0.1) is 6.04 Å². The molecule has 0 unspecified atom stereocenters. The second kappa shape index (κ2) is 7.42. The number of hydrogen-bond acceptors (Lipinski definition) is 5. The SMILES string of the molecule is CNC(=O)[C@@H]1C[C@@H](N)CN1Cc1ccc(Oc2ccccc2)nc1. The summed E-state index contributed by atoms with van der Waals surface area (Å²) >= 11 is 0. The molecule has 24 heavy (non-hydrogen) atoms. The third-order valence-corrected chi connectivity index (χ3v) is 4.13. The van der Waals surface area contributed by atoms with E-state index in [-0.39, 0.29) is 18.0 Å². The monoisotopic (exact) mass is 326 g/mol. The number of rotatable bonds is 5. The molecule has 2 aromatic rings. The van der Waals surface area contributed by atoms with E-state index in [1.807, 2.05) is 42.5 Å². The Balaban J connectivity index is 1.64. The van der Waals surface area contributed by atoms with Crippen LogP contribution in [0.2, 0.25) is 0 Å². The number of carbonyl (C=O) groups is 1. The number of aromatic nitrogens is 1. The summed E-state index contributed by atoms with van der Waals surface area (Å²) in [5.74, 6) is 1.31. The van der Waals surface area contributed by atoms with Crippen LogP contribution in [-0.2, 0) is 11.3 Å². The second-order valence-electron chi connectivity index (χ2n) is 5.98. The first-order valence-electron chi connectivity index (χ1n) is 8.05. The molecule has 1 fully saturated rings. The summed E-state index contributed by atoms with van der Waals surface area (Å²) in [5, 5.41) is 2.71. The van der Waals surface area contributed by atoms with E-state index in [1.54, 1.807) is 13.2 Å². The second-order valence-corrected chi connectivity index (χ2v) is 5.98. The van der Waals surface area contributed by atoms with Gasteiger partial charge >= 0.3 is 0 Å². The number of ether oxygens (including phenoxy) is 1. The molecule has 1 saturated heterocycles. The zero-order valence-corrected chi connectivity index (χ0v) is 13.7. The van der Waals surface area contributed by atoms with Gasteiger partial charge in [-0.1, -0.05) is 24.3 Å². The van der Waals surface area contributed by atoms with Crippen molar-refractivity contribution >= 4 is 5.91 Å². The van der Waals surface area contributed by atoms with Crippen LogP contribution in [0.25, 0.3) is 0 Å². The zero-order chi connectivity index (χ0) is 16.9. The van der Waals surface area contributed by atoms with Crippen LogP contribution in [0.1, 0.15) is 12.0 Å². The van der Waals surface area contributed by atoms with E-state index in [9.17, 15) is 4.79 Å². The summed E-state index contributed by atoms with van der Waals surface area (Å²) in [5.41, 5.74) is 7.04. The van der Waals surface area contributed by atoms with E-state index in [0.717, 1.165) is 11.3 Å². The van der Waals surface area contributed by atoms with Crippen molar-refractivity contribution in [1.29, 1.82) is 0 Å². The minimum absolute atomic E-state index is 0.0138. The van der Waals surface area contributed by atoms with Gasteiger partial charge in [0, 0.05) is 38.4 Å². The van der Waals surface area contributed by atoms with Gasteiger partial charge in [-0.2, -0.15) is 0 Å². The Labute approximate surface area is 141 Å². The van der Waals surface area contributed by atoms with Crippen LogP contribution in [0.5, 0.6) is 11.6 Å². The van der Waals surface area contributed by atoms with Gasteiger partial charge in [-0.25, -0.2) is 4.98 Å². The predicted molar refractivity (Wildman–Crippen MR) is 91.6 cm³/mol. The maximum atomic E-state index is 12.0. The molecule has 3 N–H and O–H groups in total. The Morgan fingerprint density at radius 1 is 1.33 bits per heavy atom. The van der Waals surface area contributed by atoms with Crippen LogP contribution >= 0.6 is 0 Å². The van der Waals surface area contributed by atoms with Crippen LogP contribution < -0.4 is 15.8 Å². The number of benzene rings is 1. The van der Waals surface area contributed by atoms with E-state index in [1.165, 1.54) is 0 Å². The van der Waals surface area contributed by atoms with Crippen molar-refractivity contribution in [2.24, 2.45) is 5.73 Å². The summed E-state index contributed by atoms with van der Waals surface area (Å²) in [7, 11) is 1.65. The highest BCUT2D eigenvalue weighted by Crippen LogP contribution is 2.22. The van der Waals surface area contributed by atoms with Crippen LogP contribution in [0.15, 0.2) is 48.7 Å². The summed E-state index contributed by atoms with van der Waals surface area (Å²) in [6, 6.07) is 13.2. The number of nitrogens with two attached hydrogens (primary N) is 1. The van der Waals surface area contributed by atoms with Crippen molar-refractivity contribution in [3.05, 3.63) is 54.2 Å². The first-order valence-corrected chi connectivity index (χ1v) is 8.05. The molecule has 2 atom stereocenters. The zero-order valence-electron chi connectivity index (χ0n) is 13.7. The molecule has 0 saturated carbocycles. The number of nitrogens with zero attached hydrogens (tertiary/aromatic N) is 2. The number of hydrogen-bond donors (Lipinski definition) is 2. The fraction of sp³-hybridized carbons (Fsp3) is 0.333. The molecule has 1 aromatic carbocycles. The molecule has 0 radical (unpaired) electrons. The van der Waals surface area contributed by atoms with Crippen molar-refractivity contribution < 1.29 is 9.53 Å². The van der Waals surface area contributed by atoms with Gasteiger partial charge in [-0.15, -0.1) is 0 Å². The lowest BCUT2D eigenvalue weighted by atomic mass is 10.1. The summed E-state index contributed by atoms with van der Waals surface area (Å²) in [6.45, 7) is 1.35. The van der Waals surface area contributed by atoms with E-state index in [2.05, 4.69) is 15.2 Å². The quantitative estimate of drug-likeness (QED) is 0.871. The molecule has 6 nitrogen and oxygen atoms in total. The van der Waals surface area contributed by atoms with Crippen LogP contribution in [0.4, 0.5) is 0 Å². The fourth-order valence-corrected chi connectivity index (χ4v) is 2.96. The largest absolute Gasteiger partial charge is 0.439 e. The molecule has 1 amide bonds. The summed E-state index contributed by atoms with van der Waals surface area (Å²) < 4.78 is 5.69.